The van der Waals surface area contributed by atoms with Crippen molar-refractivity contribution >= 4 is 5.91 Å². The van der Waals surface area contributed by atoms with E-state index in [0.717, 1.165) is 16.9 Å². The number of carbonyl (C=O) groups excluding carboxylic acids is 1. The zero-order chi connectivity index (χ0) is 17.9. The first-order chi connectivity index (χ1) is 12.7. The van der Waals surface area contributed by atoms with Crippen LogP contribution in [0.1, 0.15) is 17.0 Å². The second-order valence-electron chi connectivity index (χ2n) is 6.03. The summed E-state index contributed by atoms with van der Waals surface area (Å²) in [6, 6.07) is 15.3. The minimum Gasteiger partial charge on any atom is -0.454 e. The first-order valence-electron chi connectivity index (χ1n) is 8.36. The van der Waals surface area contributed by atoms with E-state index in [2.05, 4.69) is 10.3 Å². The van der Waals surface area contributed by atoms with Gasteiger partial charge in [0.05, 0.1) is 12.1 Å². The molecule has 1 N–H and O–H groups in total. The lowest BCUT2D eigenvalue weighted by Crippen LogP contribution is -2.24. The topological polar surface area (TPSA) is 73.6 Å². The molecule has 6 heteroatoms. The van der Waals surface area contributed by atoms with Gasteiger partial charge >= 0.3 is 0 Å². The summed E-state index contributed by atoms with van der Waals surface area (Å²) < 4.78 is 16.3. The highest BCUT2D eigenvalue weighted by Crippen LogP contribution is 2.32. The predicted molar refractivity (Wildman–Crippen MR) is 94.8 cm³/mol. The van der Waals surface area contributed by atoms with E-state index in [1.807, 2.05) is 55.5 Å². The van der Waals surface area contributed by atoms with Crippen LogP contribution in [0.25, 0.3) is 11.5 Å². The summed E-state index contributed by atoms with van der Waals surface area (Å²) in [5.74, 6) is 2.51. The molecule has 0 unspecified atom stereocenters. The minimum atomic E-state index is -0.112. The Labute approximate surface area is 150 Å². The average molecular weight is 350 g/mol. The smallest absolute Gasteiger partial charge is 0.231 e. The molecule has 2 aromatic carbocycles. The number of amides is 1. The van der Waals surface area contributed by atoms with Gasteiger partial charge < -0.3 is 19.2 Å². The Bertz CT molecular complexity index is 934. The predicted octanol–water partition coefficient (Wildman–Crippen LogP) is 3.24. The molecule has 0 atom stereocenters. The van der Waals surface area contributed by atoms with Crippen LogP contribution in [0.2, 0.25) is 0 Å². The number of rotatable bonds is 5. The van der Waals surface area contributed by atoms with Crippen LogP contribution < -0.4 is 14.8 Å². The van der Waals surface area contributed by atoms with Gasteiger partial charge in [-0.15, -0.1) is 0 Å². The Morgan fingerprint density at radius 1 is 1.12 bits per heavy atom. The molecule has 3 aromatic rings. The Kier molecular flexibility index (Phi) is 4.31. The number of hydrogen-bond donors (Lipinski definition) is 1. The summed E-state index contributed by atoms with van der Waals surface area (Å²) in [4.78, 5) is 16.7. The van der Waals surface area contributed by atoms with Gasteiger partial charge in [0.25, 0.3) is 0 Å². The van der Waals surface area contributed by atoms with Crippen molar-refractivity contribution in [1.82, 2.24) is 10.3 Å². The van der Waals surface area contributed by atoms with Crippen molar-refractivity contribution in [3.05, 3.63) is 65.5 Å². The van der Waals surface area contributed by atoms with Crippen LogP contribution >= 0.6 is 0 Å². The maximum atomic E-state index is 12.3. The standard InChI is InChI=1S/C20H18N2O4/c1-13-16(22-20(26-13)15-5-3-2-4-6-15)10-19(23)21-11-14-7-8-17-18(9-14)25-12-24-17/h2-9H,10-12H2,1H3,(H,21,23). The molecule has 2 heterocycles. The fourth-order valence-electron chi connectivity index (χ4n) is 2.76. The molecule has 0 aliphatic carbocycles. The van der Waals surface area contributed by atoms with Crippen LogP contribution in [0.5, 0.6) is 11.5 Å². The van der Waals surface area contributed by atoms with Gasteiger partial charge in [0.2, 0.25) is 18.6 Å². The lowest BCUT2D eigenvalue weighted by molar-refractivity contribution is -0.120. The molecule has 6 nitrogen and oxygen atoms in total. The Morgan fingerprint density at radius 3 is 2.77 bits per heavy atom. The molecular weight excluding hydrogens is 332 g/mol. The van der Waals surface area contributed by atoms with Crippen molar-refractivity contribution in [2.24, 2.45) is 0 Å². The summed E-state index contributed by atoms with van der Waals surface area (Å²) in [7, 11) is 0. The monoisotopic (exact) mass is 350 g/mol. The van der Waals surface area contributed by atoms with Crippen LogP contribution in [0, 0.1) is 6.92 Å². The number of nitrogens with one attached hydrogen (secondary N) is 1. The summed E-state index contributed by atoms with van der Waals surface area (Å²) in [6.07, 6.45) is 0.173. The molecule has 0 radical (unpaired) electrons. The van der Waals surface area contributed by atoms with Crippen molar-refractivity contribution in [1.29, 1.82) is 0 Å². The average Bonchev–Trinajstić information content (AvgIpc) is 3.27. The highest BCUT2D eigenvalue weighted by molar-refractivity contribution is 5.78. The zero-order valence-corrected chi connectivity index (χ0v) is 14.3. The number of carbonyl (C=O) groups is 1. The van der Waals surface area contributed by atoms with E-state index in [1.165, 1.54) is 0 Å². The maximum Gasteiger partial charge on any atom is 0.231 e. The van der Waals surface area contributed by atoms with Crippen molar-refractivity contribution in [2.75, 3.05) is 6.79 Å². The number of nitrogens with zero attached hydrogens (tertiary/aromatic N) is 1. The molecule has 0 saturated carbocycles. The molecule has 4 rings (SSSR count). The first kappa shape index (κ1) is 16.2. The third-order valence-corrected chi connectivity index (χ3v) is 4.17. The minimum absolute atomic E-state index is 0.112. The number of aryl methyl sites for hydroxylation is 1. The zero-order valence-electron chi connectivity index (χ0n) is 14.3. The van der Waals surface area contributed by atoms with Crippen molar-refractivity contribution in [3.8, 4) is 23.0 Å². The van der Waals surface area contributed by atoms with E-state index >= 15 is 0 Å². The quantitative estimate of drug-likeness (QED) is 0.765. The molecule has 0 bridgehead atoms. The number of hydrogen-bond acceptors (Lipinski definition) is 5. The van der Waals surface area contributed by atoms with E-state index in [-0.39, 0.29) is 19.1 Å². The number of fused-ring (bicyclic) bond motifs is 1. The summed E-state index contributed by atoms with van der Waals surface area (Å²) >= 11 is 0. The molecule has 1 amide bonds. The molecule has 0 fully saturated rings. The van der Waals surface area contributed by atoms with Crippen molar-refractivity contribution < 1.29 is 18.7 Å². The van der Waals surface area contributed by atoms with Gasteiger partial charge in [-0.2, -0.15) is 0 Å². The fraction of sp³-hybridized carbons (Fsp3) is 0.200. The van der Waals surface area contributed by atoms with Crippen LogP contribution in [0.4, 0.5) is 0 Å². The molecule has 1 aliphatic rings. The first-order valence-corrected chi connectivity index (χ1v) is 8.36. The summed E-state index contributed by atoms with van der Waals surface area (Å²) in [5, 5.41) is 2.90. The molecule has 26 heavy (non-hydrogen) atoms. The largest absolute Gasteiger partial charge is 0.454 e. The van der Waals surface area contributed by atoms with Gasteiger partial charge in [0, 0.05) is 12.1 Å². The third-order valence-electron chi connectivity index (χ3n) is 4.17. The van der Waals surface area contributed by atoms with E-state index < -0.39 is 0 Å². The van der Waals surface area contributed by atoms with E-state index in [4.69, 9.17) is 13.9 Å². The Morgan fingerprint density at radius 2 is 1.92 bits per heavy atom. The van der Waals surface area contributed by atoms with Crippen LogP contribution in [-0.4, -0.2) is 17.7 Å². The van der Waals surface area contributed by atoms with Crippen LogP contribution in [-0.2, 0) is 17.8 Å². The molecule has 1 aliphatic heterocycles. The fourth-order valence-corrected chi connectivity index (χ4v) is 2.76. The Hall–Kier alpha value is -3.28. The number of benzene rings is 2. The van der Waals surface area contributed by atoms with E-state index in [0.29, 0.717) is 29.6 Å². The second kappa shape index (κ2) is 6.92. The number of oxazole rings is 1. The van der Waals surface area contributed by atoms with Crippen LogP contribution in [0.15, 0.2) is 52.9 Å². The maximum absolute atomic E-state index is 12.3. The second-order valence-corrected chi connectivity index (χ2v) is 6.03. The molecular formula is C20H18N2O4. The molecule has 1 aromatic heterocycles. The number of aromatic nitrogens is 1. The Balaban J connectivity index is 1.38. The summed E-state index contributed by atoms with van der Waals surface area (Å²) in [6.45, 7) is 2.47. The van der Waals surface area contributed by atoms with E-state index in [9.17, 15) is 4.79 Å². The molecule has 0 spiro atoms. The van der Waals surface area contributed by atoms with Gasteiger partial charge in [-0.1, -0.05) is 24.3 Å². The molecule has 0 saturated heterocycles. The van der Waals surface area contributed by atoms with Gasteiger partial charge in [-0.25, -0.2) is 4.98 Å². The lowest BCUT2D eigenvalue weighted by Gasteiger charge is -2.05. The third kappa shape index (κ3) is 3.39. The van der Waals surface area contributed by atoms with Gasteiger partial charge in [-0.3, -0.25) is 4.79 Å². The van der Waals surface area contributed by atoms with Crippen LogP contribution in [0.3, 0.4) is 0 Å². The van der Waals surface area contributed by atoms with Crippen molar-refractivity contribution in [3.63, 3.8) is 0 Å². The highest BCUT2D eigenvalue weighted by Gasteiger charge is 2.16. The SMILES string of the molecule is Cc1oc(-c2ccccc2)nc1CC(=O)NCc1ccc2c(c1)OCO2. The van der Waals surface area contributed by atoms with Gasteiger partial charge in [-0.05, 0) is 36.8 Å². The molecule has 132 valence electrons. The normalized spacial score (nSPS) is 12.2. The summed E-state index contributed by atoms with van der Waals surface area (Å²) in [5.41, 5.74) is 2.49. The van der Waals surface area contributed by atoms with E-state index in [1.54, 1.807) is 0 Å². The van der Waals surface area contributed by atoms with Crippen molar-refractivity contribution in [2.45, 2.75) is 19.9 Å². The lowest BCUT2D eigenvalue weighted by atomic mass is 10.2. The number of ether oxygens (including phenoxy) is 2. The highest BCUT2D eigenvalue weighted by atomic mass is 16.7. The van der Waals surface area contributed by atoms with Gasteiger partial charge in [0.1, 0.15) is 5.76 Å². The van der Waals surface area contributed by atoms with Gasteiger partial charge in [0.15, 0.2) is 11.5 Å².